The van der Waals surface area contributed by atoms with Crippen molar-refractivity contribution in [3.8, 4) is 0 Å². The van der Waals surface area contributed by atoms with Crippen molar-refractivity contribution in [3.63, 3.8) is 0 Å². The van der Waals surface area contributed by atoms with Gasteiger partial charge in [0, 0.05) is 0 Å². The van der Waals surface area contributed by atoms with Crippen LogP contribution in [0.3, 0.4) is 0 Å². The van der Waals surface area contributed by atoms with Crippen molar-refractivity contribution >= 4 is 49.8 Å². The minimum absolute atomic E-state index is 0.919. The fourth-order valence-corrected chi connectivity index (χ4v) is 5.92. The SMILES string of the molecule is Br[Si](Br)(Br)C1CCC1. The second-order valence-corrected chi connectivity index (χ2v) is 24.9. The quantitative estimate of drug-likeness (QED) is 0.510. The van der Waals surface area contributed by atoms with Gasteiger partial charge in [0.1, 0.15) is 0 Å². The van der Waals surface area contributed by atoms with Gasteiger partial charge in [0.05, 0.1) is 0 Å². The third-order valence-electron chi connectivity index (χ3n) is 1.57. The minimum Gasteiger partial charge on any atom is -0.0961 e. The first-order chi connectivity index (χ1) is 3.61. The summed E-state index contributed by atoms with van der Waals surface area (Å²) in [6.45, 7) is 0. The molecule has 0 aliphatic heterocycles. The summed E-state index contributed by atoms with van der Waals surface area (Å²) in [6, 6.07) is 0. The van der Waals surface area contributed by atoms with Gasteiger partial charge in [-0.15, -0.1) is 0 Å². The van der Waals surface area contributed by atoms with Crippen molar-refractivity contribution < 1.29 is 0 Å². The topological polar surface area (TPSA) is 0 Å². The summed E-state index contributed by atoms with van der Waals surface area (Å²) in [5.74, 6) is 0. The van der Waals surface area contributed by atoms with Crippen LogP contribution in [0.2, 0.25) is 5.54 Å². The molecule has 48 valence electrons. The van der Waals surface area contributed by atoms with Crippen molar-refractivity contribution in [2.75, 3.05) is 0 Å². The lowest BCUT2D eigenvalue weighted by Crippen LogP contribution is -2.23. The van der Waals surface area contributed by atoms with E-state index in [1.807, 2.05) is 0 Å². The van der Waals surface area contributed by atoms with Gasteiger partial charge in [0.25, 0.3) is 3.93 Å². The molecule has 0 atom stereocenters. The Morgan fingerprint density at radius 2 is 1.62 bits per heavy atom. The summed E-state index contributed by atoms with van der Waals surface area (Å²) in [6.07, 6.45) is 4.21. The molecular formula is C4H7Br3Si. The zero-order valence-corrected chi connectivity index (χ0v) is 10.1. The fraction of sp³-hybridized carbons (Fsp3) is 1.00. The van der Waals surface area contributed by atoms with Gasteiger partial charge in [-0.05, 0) is 5.54 Å². The molecule has 0 aromatic carbocycles. The minimum atomic E-state index is -1.24. The van der Waals surface area contributed by atoms with Crippen molar-refractivity contribution in [1.82, 2.24) is 0 Å². The van der Waals surface area contributed by atoms with Crippen LogP contribution in [0.4, 0.5) is 0 Å². The predicted octanol–water partition coefficient (Wildman–Crippen LogP) is 3.66. The Morgan fingerprint density at radius 3 is 1.62 bits per heavy atom. The molecule has 0 spiro atoms. The van der Waals surface area contributed by atoms with E-state index in [0.29, 0.717) is 0 Å². The molecule has 0 N–H and O–H groups in total. The molecule has 0 aromatic rings. The van der Waals surface area contributed by atoms with Crippen LogP contribution in [-0.4, -0.2) is 3.93 Å². The summed E-state index contributed by atoms with van der Waals surface area (Å²) in [4.78, 5) is 0. The normalized spacial score (nSPS) is 22.9. The molecule has 0 saturated heterocycles. The Balaban J connectivity index is 2.34. The monoisotopic (exact) mass is 320 g/mol. The highest BCUT2D eigenvalue weighted by Gasteiger charge is 2.37. The van der Waals surface area contributed by atoms with Gasteiger partial charge in [-0.2, -0.15) is 0 Å². The van der Waals surface area contributed by atoms with Crippen molar-refractivity contribution in [2.45, 2.75) is 24.8 Å². The first kappa shape index (κ1) is 7.76. The highest BCUT2D eigenvalue weighted by Crippen LogP contribution is 2.50. The second-order valence-electron chi connectivity index (χ2n) is 2.17. The highest BCUT2D eigenvalue weighted by atomic mass is 80.0. The highest BCUT2D eigenvalue weighted by molar-refractivity contribution is 9.72. The largest absolute Gasteiger partial charge is 0.270 e. The van der Waals surface area contributed by atoms with E-state index < -0.39 is 3.93 Å². The predicted molar refractivity (Wildman–Crippen MR) is 50.1 cm³/mol. The Morgan fingerprint density at radius 1 is 1.12 bits per heavy atom. The third-order valence-corrected chi connectivity index (χ3v) is 8.90. The van der Waals surface area contributed by atoms with Crippen LogP contribution in [0.1, 0.15) is 19.3 Å². The molecule has 1 aliphatic carbocycles. The van der Waals surface area contributed by atoms with Crippen molar-refractivity contribution in [1.29, 1.82) is 0 Å². The molecule has 4 heteroatoms. The molecule has 0 nitrogen and oxygen atoms in total. The molecule has 0 amide bonds. The molecule has 0 heterocycles. The maximum Gasteiger partial charge on any atom is 0.270 e. The van der Waals surface area contributed by atoms with Crippen molar-refractivity contribution in [2.24, 2.45) is 0 Å². The van der Waals surface area contributed by atoms with E-state index in [4.69, 9.17) is 0 Å². The molecule has 0 bridgehead atoms. The van der Waals surface area contributed by atoms with Gasteiger partial charge in [-0.25, -0.2) is 0 Å². The van der Waals surface area contributed by atoms with Gasteiger partial charge in [0.2, 0.25) is 0 Å². The molecule has 0 unspecified atom stereocenters. The van der Waals surface area contributed by atoms with E-state index in [2.05, 4.69) is 45.9 Å². The van der Waals surface area contributed by atoms with Gasteiger partial charge in [0.15, 0.2) is 0 Å². The molecular weight excluding hydrogens is 316 g/mol. The van der Waals surface area contributed by atoms with Crippen LogP contribution in [0.15, 0.2) is 0 Å². The zero-order chi connectivity index (χ0) is 6.20. The maximum atomic E-state index is 3.63. The zero-order valence-electron chi connectivity index (χ0n) is 4.33. The molecule has 0 radical (unpaired) electrons. The van der Waals surface area contributed by atoms with E-state index in [9.17, 15) is 0 Å². The Labute approximate surface area is 74.2 Å². The lowest BCUT2D eigenvalue weighted by atomic mass is 10.00. The summed E-state index contributed by atoms with van der Waals surface area (Å²) < 4.78 is -1.24. The lowest BCUT2D eigenvalue weighted by Gasteiger charge is -2.30. The van der Waals surface area contributed by atoms with Gasteiger partial charge in [-0.1, -0.05) is 65.1 Å². The standard InChI is InChI=1S/C4H7Br3Si/c5-8(6,7)4-2-1-3-4/h4H,1-3H2. The summed E-state index contributed by atoms with van der Waals surface area (Å²) in [5, 5.41) is 0. The summed E-state index contributed by atoms with van der Waals surface area (Å²) in [7, 11) is 0. The maximum absolute atomic E-state index is 3.63. The van der Waals surface area contributed by atoms with Crippen molar-refractivity contribution in [3.05, 3.63) is 0 Å². The average molecular weight is 323 g/mol. The van der Waals surface area contributed by atoms with Crippen LogP contribution in [0, 0.1) is 0 Å². The molecule has 0 aromatic heterocycles. The molecule has 1 fully saturated rings. The van der Waals surface area contributed by atoms with Crippen LogP contribution < -0.4 is 0 Å². The third kappa shape index (κ3) is 1.82. The second kappa shape index (κ2) is 2.72. The number of halogens is 3. The Hall–Kier alpha value is 1.66. The van der Waals surface area contributed by atoms with Crippen LogP contribution in [-0.2, 0) is 0 Å². The lowest BCUT2D eigenvalue weighted by molar-refractivity contribution is 0.501. The molecule has 1 rings (SSSR count). The first-order valence-electron chi connectivity index (χ1n) is 2.67. The van der Waals surface area contributed by atoms with E-state index in [0.717, 1.165) is 5.54 Å². The number of hydrogen-bond donors (Lipinski definition) is 0. The molecule has 8 heavy (non-hydrogen) atoms. The number of rotatable bonds is 1. The van der Waals surface area contributed by atoms with E-state index in [1.165, 1.54) is 19.3 Å². The van der Waals surface area contributed by atoms with Gasteiger partial charge >= 0.3 is 0 Å². The van der Waals surface area contributed by atoms with Crippen LogP contribution >= 0.6 is 45.9 Å². The fourth-order valence-electron chi connectivity index (χ4n) is 0.736. The molecule has 1 saturated carbocycles. The molecule has 1 aliphatic rings. The average Bonchev–Trinajstić information content (AvgIpc) is 1.16. The summed E-state index contributed by atoms with van der Waals surface area (Å²) >= 11 is 10.9. The van der Waals surface area contributed by atoms with Gasteiger partial charge < -0.3 is 0 Å². The van der Waals surface area contributed by atoms with Crippen LogP contribution in [0.5, 0.6) is 0 Å². The summed E-state index contributed by atoms with van der Waals surface area (Å²) in [5.41, 5.74) is 0.919. The first-order valence-corrected chi connectivity index (χ1v) is 11.5. The van der Waals surface area contributed by atoms with E-state index in [1.54, 1.807) is 0 Å². The smallest absolute Gasteiger partial charge is 0.0961 e. The van der Waals surface area contributed by atoms with E-state index in [-0.39, 0.29) is 0 Å². The number of hydrogen-bond acceptors (Lipinski definition) is 0. The van der Waals surface area contributed by atoms with Gasteiger partial charge in [-0.3, -0.25) is 0 Å². The Bertz CT molecular complexity index is 83.8. The Kier molecular flexibility index (Phi) is 2.64. The van der Waals surface area contributed by atoms with E-state index >= 15 is 0 Å². The van der Waals surface area contributed by atoms with Crippen LogP contribution in [0.25, 0.3) is 0 Å².